The lowest BCUT2D eigenvalue weighted by molar-refractivity contribution is -0.134. The number of aromatic amines is 1. The van der Waals surface area contributed by atoms with Crippen LogP contribution in [0.25, 0.3) is 10.9 Å². The van der Waals surface area contributed by atoms with Crippen molar-refractivity contribution in [2.24, 2.45) is 0 Å². The van der Waals surface area contributed by atoms with Gasteiger partial charge in [0.2, 0.25) is 5.91 Å². The first kappa shape index (κ1) is 23.5. The number of amides is 1. The van der Waals surface area contributed by atoms with Crippen LogP contribution in [-0.4, -0.2) is 41.3 Å². The van der Waals surface area contributed by atoms with Gasteiger partial charge in [0, 0.05) is 35.1 Å². The largest absolute Gasteiger partial charge is 0.356 e. The number of carbonyl (C=O) groups is 1. The monoisotopic (exact) mass is 449 g/mol. The van der Waals surface area contributed by atoms with Gasteiger partial charge in [-0.2, -0.15) is 0 Å². The first-order valence-electron chi connectivity index (χ1n) is 12.2. The molecule has 2 aromatic carbocycles. The fraction of sp³-hybridized carbons (Fsp3) is 0.464. The number of aromatic nitrogens is 1. The van der Waals surface area contributed by atoms with Crippen molar-refractivity contribution in [3.05, 3.63) is 71.2 Å². The summed E-state index contributed by atoms with van der Waals surface area (Å²) in [5.74, 6) is 0.0204. The molecule has 0 radical (unpaired) electrons. The van der Waals surface area contributed by atoms with Gasteiger partial charge < -0.3 is 9.88 Å². The zero-order valence-corrected chi connectivity index (χ0v) is 20.3. The maximum atomic E-state index is 14.2. The summed E-state index contributed by atoms with van der Waals surface area (Å²) >= 11 is 0. The SMILES string of the molecule is CCCC(=O)N1CCc2c([nH]c3ccccc23)C1CCC(CC)(c1cccc(F)c1)N(C)C. The number of benzene rings is 2. The molecule has 0 bridgehead atoms. The second kappa shape index (κ2) is 9.68. The maximum absolute atomic E-state index is 14.2. The van der Waals surface area contributed by atoms with E-state index in [0.717, 1.165) is 49.7 Å². The summed E-state index contributed by atoms with van der Waals surface area (Å²) in [6.45, 7) is 4.98. The predicted octanol–water partition coefficient (Wildman–Crippen LogP) is 6.18. The van der Waals surface area contributed by atoms with Crippen molar-refractivity contribution in [3.8, 4) is 0 Å². The Hall–Kier alpha value is -2.66. The molecule has 2 atom stereocenters. The summed E-state index contributed by atoms with van der Waals surface area (Å²) in [4.78, 5) is 21.1. The van der Waals surface area contributed by atoms with Crippen molar-refractivity contribution in [2.75, 3.05) is 20.6 Å². The molecular formula is C28H36FN3O. The summed E-state index contributed by atoms with van der Waals surface area (Å²) in [7, 11) is 4.15. The maximum Gasteiger partial charge on any atom is 0.223 e. The van der Waals surface area contributed by atoms with Gasteiger partial charge in [-0.15, -0.1) is 0 Å². The van der Waals surface area contributed by atoms with Gasteiger partial charge in [0.25, 0.3) is 0 Å². The number of hydrogen-bond donors (Lipinski definition) is 1. The van der Waals surface area contributed by atoms with Crippen molar-refractivity contribution in [1.82, 2.24) is 14.8 Å². The third kappa shape index (κ3) is 4.31. The molecule has 4 rings (SSSR count). The summed E-state index contributed by atoms with van der Waals surface area (Å²) in [5, 5.41) is 1.26. The normalized spacial score (nSPS) is 17.9. The number of nitrogens with one attached hydrogen (secondary N) is 1. The van der Waals surface area contributed by atoms with Crippen LogP contribution in [0.2, 0.25) is 0 Å². The lowest BCUT2D eigenvalue weighted by Gasteiger charge is -2.43. The van der Waals surface area contributed by atoms with Crippen LogP contribution >= 0.6 is 0 Å². The molecule has 5 heteroatoms. The van der Waals surface area contributed by atoms with Gasteiger partial charge in [0.1, 0.15) is 5.82 Å². The first-order chi connectivity index (χ1) is 15.9. The van der Waals surface area contributed by atoms with Crippen molar-refractivity contribution in [3.63, 3.8) is 0 Å². The molecule has 1 aromatic heterocycles. The molecule has 33 heavy (non-hydrogen) atoms. The first-order valence-corrected chi connectivity index (χ1v) is 12.2. The number of nitrogens with zero attached hydrogens (tertiary/aromatic N) is 2. The summed E-state index contributed by atoms with van der Waals surface area (Å²) in [5.41, 5.74) is 4.35. The Balaban J connectivity index is 1.73. The molecule has 2 unspecified atom stereocenters. The molecule has 176 valence electrons. The molecule has 1 N–H and O–H groups in total. The van der Waals surface area contributed by atoms with Crippen LogP contribution in [0, 0.1) is 5.82 Å². The highest BCUT2D eigenvalue weighted by atomic mass is 19.1. The number of halogens is 1. The van der Waals surface area contributed by atoms with Crippen LogP contribution in [0.15, 0.2) is 48.5 Å². The van der Waals surface area contributed by atoms with Crippen molar-refractivity contribution in [2.45, 2.75) is 64.0 Å². The van der Waals surface area contributed by atoms with Gasteiger partial charge >= 0.3 is 0 Å². The Morgan fingerprint density at radius 2 is 1.97 bits per heavy atom. The number of carbonyl (C=O) groups excluding carboxylic acids is 1. The zero-order valence-electron chi connectivity index (χ0n) is 20.3. The van der Waals surface area contributed by atoms with Gasteiger partial charge in [-0.05, 0) is 75.5 Å². The Kier molecular flexibility index (Phi) is 6.89. The highest BCUT2D eigenvalue weighted by Gasteiger charge is 2.38. The van der Waals surface area contributed by atoms with Gasteiger partial charge in [-0.25, -0.2) is 4.39 Å². The molecular weight excluding hydrogens is 413 g/mol. The van der Waals surface area contributed by atoms with E-state index in [4.69, 9.17) is 0 Å². The minimum absolute atomic E-state index is 0.000339. The van der Waals surface area contributed by atoms with Crippen molar-refractivity contribution >= 4 is 16.8 Å². The van der Waals surface area contributed by atoms with E-state index >= 15 is 0 Å². The average Bonchev–Trinajstić information content (AvgIpc) is 3.19. The Morgan fingerprint density at radius 3 is 2.67 bits per heavy atom. The van der Waals surface area contributed by atoms with E-state index in [2.05, 4.69) is 67.0 Å². The van der Waals surface area contributed by atoms with Crippen LogP contribution in [0.3, 0.4) is 0 Å². The molecule has 0 fully saturated rings. The smallest absolute Gasteiger partial charge is 0.223 e. The zero-order chi connectivity index (χ0) is 23.6. The standard InChI is InChI=1S/C28H36FN3O/c1-5-10-26(33)32-18-16-23-22-13-7-8-14-24(22)30-27(23)25(32)15-17-28(6-2,31(3)4)20-11-9-12-21(29)19-20/h7-9,11-14,19,25,30H,5-6,10,15-18H2,1-4H3. The number of rotatable bonds is 8. The Bertz CT molecular complexity index is 1120. The van der Waals surface area contributed by atoms with Crippen LogP contribution in [0.4, 0.5) is 4.39 Å². The quantitative estimate of drug-likeness (QED) is 0.446. The number of fused-ring (bicyclic) bond motifs is 3. The molecule has 4 nitrogen and oxygen atoms in total. The summed E-state index contributed by atoms with van der Waals surface area (Å²) in [6, 6.07) is 15.4. The minimum Gasteiger partial charge on any atom is -0.356 e. The van der Waals surface area contributed by atoms with E-state index in [1.165, 1.54) is 22.7 Å². The summed E-state index contributed by atoms with van der Waals surface area (Å²) in [6.07, 6.45) is 4.80. The molecule has 0 aliphatic carbocycles. The van der Waals surface area contributed by atoms with Crippen molar-refractivity contribution < 1.29 is 9.18 Å². The highest BCUT2D eigenvalue weighted by Crippen LogP contribution is 2.42. The fourth-order valence-corrected chi connectivity index (χ4v) is 5.75. The van der Waals surface area contributed by atoms with E-state index in [-0.39, 0.29) is 23.3 Å². The lowest BCUT2D eigenvalue weighted by atomic mass is 9.79. The van der Waals surface area contributed by atoms with Gasteiger partial charge in [-0.3, -0.25) is 9.69 Å². The van der Waals surface area contributed by atoms with E-state index in [1.54, 1.807) is 12.1 Å². The van der Waals surface area contributed by atoms with Crippen molar-refractivity contribution in [1.29, 1.82) is 0 Å². The Labute approximate surface area is 196 Å². The van der Waals surface area contributed by atoms with E-state index in [9.17, 15) is 9.18 Å². The molecule has 0 saturated carbocycles. The molecule has 3 aromatic rings. The highest BCUT2D eigenvalue weighted by molar-refractivity contribution is 5.86. The van der Waals surface area contributed by atoms with E-state index in [1.807, 2.05) is 6.07 Å². The predicted molar refractivity (Wildman–Crippen MR) is 133 cm³/mol. The molecule has 0 saturated heterocycles. The minimum atomic E-state index is -0.300. The number of para-hydroxylation sites is 1. The average molecular weight is 450 g/mol. The lowest BCUT2D eigenvalue weighted by Crippen LogP contribution is -2.44. The van der Waals surface area contributed by atoms with Gasteiger partial charge in [0.15, 0.2) is 0 Å². The van der Waals surface area contributed by atoms with E-state index in [0.29, 0.717) is 6.42 Å². The second-order valence-electron chi connectivity index (χ2n) is 9.49. The van der Waals surface area contributed by atoms with Crippen LogP contribution in [0.5, 0.6) is 0 Å². The van der Waals surface area contributed by atoms with E-state index < -0.39 is 0 Å². The van der Waals surface area contributed by atoms with Crippen LogP contribution in [0.1, 0.15) is 68.8 Å². The molecule has 0 spiro atoms. The molecule has 1 aliphatic heterocycles. The van der Waals surface area contributed by atoms with Gasteiger partial charge in [0.05, 0.1) is 6.04 Å². The number of H-pyrrole nitrogens is 1. The topological polar surface area (TPSA) is 39.3 Å². The van der Waals surface area contributed by atoms with Crippen LogP contribution < -0.4 is 0 Å². The third-order valence-corrected chi connectivity index (χ3v) is 7.58. The van der Waals surface area contributed by atoms with Gasteiger partial charge in [-0.1, -0.05) is 44.2 Å². The van der Waals surface area contributed by atoms with Crippen LogP contribution in [-0.2, 0) is 16.8 Å². The third-order valence-electron chi connectivity index (χ3n) is 7.58. The fourth-order valence-electron chi connectivity index (χ4n) is 5.75. The Morgan fingerprint density at radius 1 is 1.18 bits per heavy atom. The molecule has 1 amide bonds. The number of hydrogen-bond acceptors (Lipinski definition) is 2. The molecule has 2 heterocycles. The summed E-state index contributed by atoms with van der Waals surface area (Å²) < 4.78 is 14.2. The molecule has 1 aliphatic rings. The second-order valence-corrected chi connectivity index (χ2v) is 9.49.